The molecule has 1 heterocycles. The fourth-order valence-corrected chi connectivity index (χ4v) is 1.05. The summed E-state index contributed by atoms with van der Waals surface area (Å²) in [6.45, 7) is 0. The standard InChI is InChI=1S/C8H8N2S/c9-5-7(6-11)8-3-1-2-4-10-8/h1-4,7,11H,6H2. The van der Waals surface area contributed by atoms with Crippen molar-refractivity contribution in [3.05, 3.63) is 30.1 Å². The van der Waals surface area contributed by atoms with Gasteiger partial charge >= 0.3 is 0 Å². The Kier molecular flexibility index (Phi) is 2.94. The van der Waals surface area contributed by atoms with Crippen LogP contribution in [0.3, 0.4) is 0 Å². The van der Waals surface area contributed by atoms with Crippen LogP contribution in [0.15, 0.2) is 24.4 Å². The predicted octanol–water partition coefficient (Wildman–Crippen LogP) is 1.62. The van der Waals surface area contributed by atoms with Crippen LogP contribution in [0.2, 0.25) is 0 Å². The van der Waals surface area contributed by atoms with Crippen LogP contribution in [-0.2, 0) is 0 Å². The molecule has 56 valence electrons. The molecule has 0 radical (unpaired) electrons. The van der Waals surface area contributed by atoms with Gasteiger partial charge in [-0.05, 0) is 12.1 Å². The van der Waals surface area contributed by atoms with Gasteiger partial charge in [-0.1, -0.05) is 6.07 Å². The molecule has 1 unspecified atom stereocenters. The van der Waals surface area contributed by atoms with Gasteiger partial charge < -0.3 is 0 Å². The Bertz CT molecular complexity index is 253. The third-order valence-corrected chi connectivity index (χ3v) is 1.75. The number of hydrogen-bond donors (Lipinski definition) is 1. The summed E-state index contributed by atoms with van der Waals surface area (Å²) in [6, 6.07) is 7.67. The Balaban J connectivity index is 2.85. The minimum Gasteiger partial charge on any atom is -0.260 e. The lowest BCUT2D eigenvalue weighted by molar-refractivity contribution is 0.935. The van der Waals surface area contributed by atoms with Gasteiger partial charge in [0.25, 0.3) is 0 Å². The normalized spacial score (nSPS) is 12.0. The molecule has 1 atom stereocenters. The summed E-state index contributed by atoms with van der Waals surface area (Å²) in [7, 11) is 0. The van der Waals surface area contributed by atoms with E-state index in [4.69, 9.17) is 5.26 Å². The van der Waals surface area contributed by atoms with Gasteiger partial charge in [-0.15, -0.1) is 0 Å². The van der Waals surface area contributed by atoms with Crippen molar-refractivity contribution < 1.29 is 0 Å². The molecular weight excluding hydrogens is 156 g/mol. The summed E-state index contributed by atoms with van der Waals surface area (Å²) >= 11 is 4.04. The molecule has 0 aromatic carbocycles. The molecule has 0 bridgehead atoms. The number of rotatable bonds is 2. The quantitative estimate of drug-likeness (QED) is 0.674. The molecule has 0 amide bonds. The lowest BCUT2D eigenvalue weighted by Crippen LogP contribution is -1.98. The van der Waals surface area contributed by atoms with Crippen molar-refractivity contribution >= 4 is 12.6 Å². The van der Waals surface area contributed by atoms with Crippen LogP contribution in [0.1, 0.15) is 11.6 Å². The maximum absolute atomic E-state index is 8.64. The minimum atomic E-state index is -0.181. The van der Waals surface area contributed by atoms with E-state index in [1.54, 1.807) is 6.20 Å². The second-order valence-corrected chi connectivity index (χ2v) is 2.48. The summed E-state index contributed by atoms with van der Waals surface area (Å²) in [6.07, 6.45) is 1.68. The molecule has 1 aromatic heterocycles. The van der Waals surface area contributed by atoms with E-state index in [9.17, 15) is 0 Å². The number of thiol groups is 1. The number of nitrogens with zero attached hydrogens (tertiary/aromatic N) is 2. The third-order valence-electron chi connectivity index (χ3n) is 1.38. The minimum absolute atomic E-state index is 0.181. The van der Waals surface area contributed by atoms with Gasteiger partial charge in [0.05, 0.1) is 17.7 Å². The number of nitriles is 1. The molecule has 0 saturated carbocycles. The smallest absolute Gasteiger partial charge is 0.0972 e. The SMILES string of the molecule is N#CC(CS)c1ccccn1. The number of pyridine rings is 1. The number of aromatic nitrogens is 1. The van der Waals surface area contributed by atoms with E-state index >= 15 is 0 Å². The van der Waals surface area contributed by atoms with Crippen LogP contribution >= 0.6 is 12.6 Å². The van der Waals surface area contributed by atoms with Gasteiger partial charge in [-0.2, -0.15) is 17.9 Å². The highest BCUT2D eigenvalue weighted by Crippen LogP contribution is 2.12. The molecule has 0 aliphatic heterocycles. The van der Waals surface area contributed by atoms with E-state index in [1.807, 2.05) is 18.2 Å². The zero-order valence-electron chi connectivity index (χ0n) is 5.94. The van der Waals surface area contributed by atoms with E-state index in [2.05, 4.69) is 23.7 Å². The lowest BCUT2D eigenvalue weighted by Gasteiger charge is -2.02. The molecule has 0 fully saturated rings. The second-order valence-electron chi connectivity index (χ2n) is 2.12. The van der Waals surface area contributed by atoms with Crippen LogP contribution in [0.4, 0.5) is 0 Å². The Labute approximate surface area is 71.3 Å². The maximum Gasteiger partial charge on any atom is 0.0972 e. The largest absolute Gasteiger partial charge is 0.260 e. The molecule has 11 heavy (non-hydrogen) atoms. The van der Waals surface area contributed by atoms with Crippen molar-refractivity contribution in [3.63, 3.8) is 0 Å². The van der Waals surface area contributed by atoms with E-state index < -0.39 is 0 Å². The first-order chi connectivity index (χ1) is 5.38. The van der Waals surface area contributed by atoms with Crippen molar-refractivity contribution in [1.82, 2.24) is 4.98 Å². The molecule has 3 heteroatoms. The van der Waals surface area contributed by atoms with Gasteiger partial charge in [-0.3, -0.25) is 4.98 Å². The highest BCUT2D eigenvalue weighted by Gasteiger charge is 2.07. The van der Waals surface area contributed by atoms with Gasteiger partial charge in [0.15, 0.2) is 0 Å². The van der Waals surface area contributed by atoms with Crippen LogP contribution in [0, 0.1) is 11.3 Å². The fourth-order valence-electron chi connectivity index (χ4n) is 0.783. The van der Waals surface area contributed by atoms with E-state index in [-0.39, 0.29) is 5.92 Å². The summed E-state index contributed by atoms with van der Waals surface area (Å²) in [5, 5.41) is 8.64. The zero-order valence-corrected chi connectivity index (χ0v) is 6.83. The fraction of sp³-hybridized carbons (Fsp3) is 0.250. The lowest BCUT2D eigenvalue weighted by atomic mass is 10.1. The highest BCUT2D eigenvalue weighted by atomic mass is 32.1. The van der Waals surface area contributed by atoms with Crippen molar-refractivity contribution in [2.24, 2.45) is 0 Å². The first kappa shape index (κ1) is 8.09. The summed E-state index contributed by atoms with van der Waals surface area (Å²) in [5.74, 6) is 0.340. The van der Waals surface area contributed by atoms with Gasteiger partial charge in [0.2, 0.25) is 0 Å². The van der Waals surface area contributed by atoms with Gasteiger partial charge in [0, 0.05) is 11.9 Å². The van der Waals surface area contributed by atoms with Crippen molar-refractivity contribution in [3.8, 4) is 6.07 Å². The average Bonchev–Trinajstić information content (AvgIpc) is 2.09. The van der Waals surface area contributed by atoms with E-state index in [0.717, 1.165) is 5.69 Å². The Morgan fingerprint density at radius 1 is 1.64 bits per heavy atom. The van der Waals surface area contributed by atoms with Crippen molar-refractivity contribution in [1.29, 1.82) is 5.26 Å². The highest BCUT2D eigenvalue weighted by molar-refractivity contribution is 7.80. The molecule has 0 saturated heterocycles. The zero-order chi connectivity index (χ0) is 8.10. The molecule has 1 aromatic rings. The predicted molar refractivity (Wildman–Crippen MR) is 46.4 cm³/mol. The average molecular weight is 164 g/mol. The first-order valence-electron chi connectivity index (χ1n) is 3.30. The molecule has 0 aliphatic rings. The van der Waals surface area contributed by atoms with Crippen LogP contribution < -0.4 is 0 Å². The van der Waals surface area contributed by atoms with Crippen LogP contribution in [-0.4, -0.2) is 10.7 Å². The van der Waals surface area contributed by atoms with E-state index in [0.29, 0.717) is 5.75 Å². The van der Waals surface area contributed by atoms with Crippen LogP contribution in [0.25, 0.3) is 0 Å². The number of hydrogen-bond acceptors (Lipinski definition) is 3. The molecular formula is C8H8N2S. The third kappa shape index (κ3) is 1.95. The molecule has 0 aliphatic carbocycles. The summed E-state index contributed by atoms with van der Waals surface area (Å²) < 4.78 is 0. The molecule has 1 rings (SSSR count). The van der Waals surface area contributed by atoms with Gasteiger partial charge in [-0.25, -0.2) is 0 Å². The summed E-state index contributed by atoms with van der Waals surface area (Å²) in [5.41, 5.74) is 0.796. The first-order valence-corrected chi connectivity index (χ1v) is 3.93. The second kappa shape index (κ2) is 3.99. The van der Waals surface area contributed by atoms with Crippen LogP contribution in [0.5, 0.6) is 0 Å². The van der Waals surface area contributed by atoms with E-state index in [1.165, 1.54) is 0 Å². The molecule has 0 N–H and O–H groups in total. The van der Waals surface area contributed by atoms with Gasteiger partial charge in [0.1, 0.15) is 0 Å². The van der Waals surface area contributed by atoms with Crippen molar-refractivity contribution in [2.45, 2.75) is 5.92 Å². The maximum atomic E-state index is 8.64. The Morgan fingerprint density at radius 3 is 2.91 bits per heavy atom. The molecule has 0 spiro atoms. The summed E-state index contributed by atoms with van der Waals surface area (Å²) in [4.78, 5) is 4.05. The van der Waals surface area contributed by atoms with Crippen molar-refractivity contribution in [2.75, 3.05) is 5.75 Å². The monoisotopic (exact) mass is 164 g/mol. The molecule has 2 nitrogen and oxygen atoms in total. The Morgan fingerprint density at radius 2 is 2.45 bits per heavy atom. The topological polar surface area (TPSA) is 36.7 Å². The Hall–Kier alpha value is -1.01.